The molecule has 3 unspecified atom stereocenters. The Bertz CT molecular complexity index is 1750. The van der Waals surface area contributed by atoms with Gasteiger partial charge in [0.1, 0.15) is 0 Å². The van der Waals surface area contributed by atoms with Gasteiger partial charge in [0.05, 0.1) is 36.8 Å². The van der Waals surface area contributed by atoms with Crippen LogP contribution in [0.5, 0.6) is 17.2 Å². The van der Waals surface area contributed by atoms with Crippen LogP contribution >= 0.6 is 35.6 Å². The quantitative estimate of drug-likeness (QED) is 0.231. The molecule has 11 nitrogen and oxygen atoms in total. The number of piperidine rings is 2. The first-order valence-corrected chi connectivity index (χ1v) is 18.8. The Hall–Kier alpha value is -3.90. The van der Waals surface area contributed by atoms with Gasteiger partial charge in [-0.25, -0.2) is 4.79 Å². The molecule has 0 saturated carbocycles. The van der Waals surface area contributed by atoms with Gasteiger partial charge in [0, 0.05) is 43.2 Å². The fourth-order valence-electron chi connectivity index (χ4n) is 8.33. The van der Waals surface area contributed by atoms with Gasteiger partial charge in [0.2, 0.25) is 5.75 Å². The fourth-order valence-corrected chi connectivity index (χ4v) is 8.62. The van der Waals surface area contributed by atoms with E-state index in [2.05, 4.69) is 11.8 Å². The van der Waals surface area contributed by atoms with E-state index in [-0.39, 0.29) is 30.4 Å². The third-order valence-electron chi connectivity index (χ3n) is 11.3. The first kappa shape index (κ1) is 42.8. The Morgan fingerprint density at radius 3 is 1.98 bits per heavy atom. The maximum Gasteiger partial charge on any atom is 0.314 e. The smallest absolute Gasteiger partial charge is 0.314 e. The number of likely N-dealkylation sites (N-methyl/N-ethyl adjacent to an activating group) is 1. The molecule has 3 aliphatic heterocycles. The molecule has 3 fully saturated rings. The maximum atomic E-state index is 14.1. The van der Waals surface area contributed by atoms with Gasteiger partial charge in [-0.1, -0.05) is 66.5 Å². The van der Waals surface area contributed by atoms with Crippen LogP contribution in [0.4, 0.5) is 4.79 Å². The predicted octanol–water partition coefficient (Wildman–Crippen LogP) is 7.28. The largest absolute Gasteiger partial charge is 0.493 e. The molecule has 294 valence electrons. The van der Waals surface area contributed by atoms with E-state index in [1.807, 2.05) is 47.4 Å². The molecular weight excluding hydrogens is 755 g/mol. The second kappa shape index (κ2) is 18.6. The summed E-state index contributed by atoms with van der Waals surface area (Å²) in [6.45, 7) is 5.98. The number of methoxy groups -OCH3 is 3. The number of carbonyl (C=O) groups excluding carboxylic acids is 2. The predicted molar refractivity (Wildman–Crippen MR) is 213 cm³/mol. The van der Waals surface area contributed by atoms with Crippen molar-refractivity contribution >= 4 is 53.5 Å². The summed E-state index contributed by atoms with van der Waals surface area (Å²) < 4.78 is 16.5. The minimum absolute atomic E-state index is 0. The van der Waals surface area contributed by atoms with E-state index in [9.17, 15) is 19.5 Å². The van der Waals surface area contributed by atoms with Crippen LogP contribution < -0.4 is 19.9 Å². The number of likely N-dealkylation sites (tertiary alicyclic amines) is 3. The van der Waals surface area contributed by atoms with Gasteiger partial charge < -0.3 is 34.9 Å². The molecule has 14 heteroatoms. The lowest BCUT2D eigenvalue weighted by Gasteiger charge is -2.52. The normalized spacial score (nSPS) is 22.7. The summed E-state index contributed by atoms with van der Waals surface area (Å²) in [5, 5.41) is 11.6. The monoisotopic (exact) mass is 804 g/mol. The number of hydrogen-bond acceptors (Lipinski definition) is 7. The van der Waals surface area contributed by atoms with Crippen LogP contribution in [-0.2, 0) is 15.6 Å². The van der Waals surface area contributed by atoms with E-state index in [1.54, 1.807) is 23.1 Å². The second-order valence-corrected chi connectivity index (χ2v) is 14.7. The van der Waals surface area contributed by atoms with Crippen molar-refractivity contribution in [2.75, 3.05) is 60.6 Å². The number of halogens is 3. The lowest BCUT2D eigenvalue weighted by Crippen LogP contribution is -2.60. The second-order valence-electron chi connectivity index (χ2n) is 13.9. The first-order valence-electron chi connectivity index (χ1n) is 18.1. The third-order valence-corrected chi connectivity index (χ3v) is 12.0. The average Bonchev–Trinajstić information content (AvgIpc) is 3.65. The zero-order chi connectivity index (χ0) is 38.3. The van der Waals surface area contributed by atoms with Crippen molar-refractivity contribution in [2.45, 2.75) is 62.3 Å². The Morgan fingerprint density at radius 1 is 0.815 bits per heavy atom. The van der Waals surface area contributed by atoms with Gasteiger partial charge >= 0.3 is 12.0 Å². The number of carboxylic acids is 1. The summed E-state index contributed by atoms with van der Waals surface area (Å²) in [5.41, 5.74) is 5.50. The van der Waals surface area contributed by atoms with Crippen molar-refractivity contribution in [1.29, 1.82) is 0 Å². The van der Waals surface area contributed by atoms with Gasteiger partial charge in [-0.05, 0) is 87.0 Å². The van der Waals surface area contributed by atoms with Gasteiger partial charge in [-0.15, -0.1) is 12.4 Å². The molecule has 6 rings (SSSR count). The highest BCUT2D eigenvalue weighted by Gasteiger charge is 2.56. The number of hydrogen-bond donors (Lipinski definition) is 2. The molecule has 0 radical (unpaired) electrons. The summed E-state index contributed by atoms with van der Waals surface area (Å²) in [4.78, 5) is 43.7. The van der Waals surface area contributed by atoms with Crippen molar-refractivity contribution < 1.29 is 33.7 Å². The number of urea groups is 1. The zero-order valence-corrected chi connectivity index (χ0v) is 33.6. The third kappa shape index (κ3) is 8.64. The van der Waals surface area contributed by atoms with E-state index >= 15 is 0 Å². The molecule has 3 aromatic rings. The maximum absolute atomic E-state index is 14.1. The number of aliphatic carboxylic acids is 1. The van der Waals surface area contributed by atoms with Gasteiger partial charge in [-0.3, -0.25) is 14.5 Å². The molecule has 0 spiro atoms. The molecule has 0 aromatic heterocycles. The molecule has 3 atom stereocenters. The highest BCUT2D eigenvalue weighted by atomic mass is 35.5. The molecule has 3 aliphatic rings. The molecule has 0 bridgehead atoms. The summed E-state index contributed by atoms with van der Waals surface area (Å²) in [6, 6.07) is 18.0. The molecule has 3 N–H and O–H groups in total. The standard InChI is InChI=1S/C34H38Cl2N2O6.C6H12N2O.ClH/c1-5-37-15-13-33(32(40)41,23-9-7-6-8-10-23)20-29(37)34(24-11-12-25(35)26(36)19-24)14-16-38(21-34)31(39)22-17-27(42-2)30(44-4)28(18-22)43-3;7-6(9)8-4-2-1-3-5-8;/h6-12,17-19,29H,5,13-16,20-21H2,1-4H3,(H,40,41);1-5H2,(H2,7,9);1H. The number of rotatable bonds is 9. The van der Waals surface area contributed by atoms with Gasteiger partial charge in [0.15, 0.2) is 11.5 Å². The molecule has 3 aromatic carbocycles. The fraction of sp³-hybridized carbons (Fsp3) is 0.475. The number of primary amides is 1. The van der Waals surface area contributed by atoms with Crippen LogP contribution in [0.25, 0.3) is 0 Å². The minimum Gasteiger partial charge on any atom is -0.493 e. The summed E-state index contributed by atoms with van der Waals surface area (Å²) >= 11 is 13.0. The van der Waals surface area contributed by atoms with E-state index in [4.69, 9.17) is 43.1 Å². The van der Waals surface area contributed by atoms with E-state index in [0.29, 0.717) is 71.8 Å². The number of nitrogens with two attached hydrogens (primary N) is 1. The SMILES string of the molecule is CCN1CCC(C(=O)O)(c2ccccc2)CC1C1(c2ccc(Cl)c(Cl)c2)CCN(C(=O)c2cc(OC)c(OC)c(OC)c2)C1.Cl.NC(=O)N1CCCCC1. The lowest BCUT2D eigenvalue weighted by atomic mass is 9.62. The Kier molecular flexibility index (Phi) is 14.8. The average molecular weight is 806 g/mol. The number of nitrogens with zero attached hydrogens (tertiary/aromatic N) is 3. The molecular formula is C40H51Cl3N4O7. The molecule has 0 aliphatic carbocycles. The lowest BCUT2D eigenvalue weighted by molar-refractivity contribution is -0.147. The Labute approximate surface area is 334 Å². The number of carboxylic acid groups (broad SMARTS) is 1. The summed E-state index contributed by atoms with van der Waals surface area (Å²) in [5.74, 6) is 0.173. The van der Waals surface area contributed by atoms with Crippen molar-refractivity contribution in [3.8, 4) is 17.2 Å². The summed E-state index contributed by atoms with van der Waals surface area (Å²) in [6.07, 6.45) is 4.96. The van der Waals surface area contributed by atoms with Crippen LogP contribution in [-0.4, -0.2) is 104 Å². The molecule has 3 amide bonds. The van der Waals surface area contributed by atoms with E-state index in [1.165, 1.54) is 27.8 Å². The molecule has 3 saturated heterocycles. The van der Waals surface area contributed by atoms with E-state index < -0.39 is 16.8 Å². The Morgan fingerprint density at radius 2 is 1.46 bits per heavy atom. The minimum atomic E-state index is -1.07. The van der Waals surface area contributed by atoms with Crippen LogP contribution in [0.2, 0.25) is 10.0 Å². The number of ether oxygens (including phenoxy) is 3. The van der Waals surface area contributed by atoms with Gasteiger partial charge in [0.25, 0.3) is 5.91 Å². The first-order chi connectivity index (χ1) is 25.4. The van der Waals surface area contributed by atoms with Crippen molar-refractivity contribution in [3.63, 3.8) is 0 Å². The number of carbonyl (C=O) groups is 3. The van der Waals surface area contributed by atoms with Gasteiger partial charge in [-0.2, -0.15) is 0 Å². The highest BCUT2D eigenvalue weighted by Crippen LogP contribution is 2.50. The summed E-state index contributed by atoms with van der Waals surface area (Å²) in [7, 11) is 4.55. The van der Waals surface area contributed by atoms with Crippen LogP contribution in [0, 0.1) is 0 Å². The number of amides is 3. The Balaban J connectivity index is 0.000000570. The molecule has 54 heavy (non-hydrogen) atoms. The van der Waals surface area contributed by atoms with Crippen LogP contribution in [0.3, 0.4) is 0 Å². The topological polar surface area (TPSA) is 135 Å². The van der Waals surface area contributed by atoms with Crippen LogP contribution in [0.15, 0.2) is 60.7 Å². The van der Waals surface area contributed by atoms with Crippen molar-refractivity contribution in [1.82, 2.24) is 14.7 Å². The van der Waals surface area contributed by atoms with E-state index in [0.717, 1.165) is 43.6 Å². The van der Waals surface area contributed by atoms with Crippen molar-refractivity contribution in [2.24, 2.45) is 5.73 Å². The molecule has 3 heterocycles. The highest BCUT2D eigenvalue weighted by molar-refractivity contribution is 6.42. The van der Waals surface area contributed by atoms with Crippen LogP contribution in [0.1, 0.15) is 66.9 Å². The zero-order valence-electron chi connectivity index (χ0n) is 31.3. The number of benzene rings is 3. The van der Waals surface area contributed by atoms with Crippen molar-refractivity contribution in [3.05, 3.63) is 87.4 Å².